The molecule has 0 spiro atoms. The van der Waals surface area contributed by atoms with Gasteiger partial charge in [-0.15, -0.1) is 12.4 Å². The van der Waals surface area contributed by atoms with E-state index < -0.39 is 10.2 Å². The third kappa shape index (κ3) is 3.57. The van der Waals surface area contributed by atoms with Gasteiger partial charge in [-0.2, -0.15) is 17.0 Å². The number of nitrogens with zero attached hydrogens (tertiary/aromatic N) is 2. The summed E-state index contributed by atoms with van der Waals surface area (Å²) in [6.07, 6.45) is 0. The fourth-order valence-corrected chi connectivity index (χ4v) is 2.92. The molecule has 1 unspecified atom stereocenters. The standard InChI is InChI=1S/C8H19N3O2S.ClH/c1-4-10(3)14(12,13)11-6-5-9-8(2)7-11;/h8-9H,4-7H2,1-3H3;1H. The molecule has 0 saturated carbocycles. The third-order valence-corrected chi connectivity index (χ3v) is 4.53. The molecule has 1 saturated heterocycles. The molecule has 0 aromatic heterocycles. The summed E-state index contributed by atoms with van der Waals surface area (Å²) in [6, 6.07) is 0.240. The van der Waals surface area contributed by atoms with Crippen LogP contribution in [0.15, 0.2) is 0 Å². The Balaban J connectivity index is 0.00000196. The normalized spacial score (nSPS) is 23.9. The second-order valence-corrected chi connectivity index (χ2v) is 5.67. The van der Waals surface area contributed by atoms with Gasteiger partial charge in [-0.3, -0.25) is 0 Å². The molecule has 0 aliphatic carbocycles. The van der Waals surface area contributed by atoms with Gasteiger partial charge in [-0.25, -0.2) is 0 Å². The van der Waals surface area contributed by atoms with Crippen molar-refractivity contribution in [3.05, 3.63) is 0 Å². The van der Waals surface area contributed by atoms with Crippen molar-refractivity contribution in [3.8, 4) is 0 Å². The van der Waals surface area contributed by atoms with Crippen LogP contribution in [-0.4, -0.2) is 56.3 Å². The lowest BCUT2D eigenvalue weighted by atomic mass is 10.3. The van der Waals surface area contributed by atoms with E-state index in [4.69, 9.17) is 0 Å². The maximum atomic E-state index is 11.9. The predicted octanol–water partition coefficient (Wildman–Crippen LogP) is -0.102. The summed E-state index contributed by atoms with van der Waals surface area (Å²) in [4.78, 5) is 0. The van der Waals surface area contributed by atoms with Gasteiger partial charge in [0.05, 0.1) is 0 Å². The second-order valence-electron chi connectivity index (χ2n) is 3.64. The molecule has 92 valence electrons. The summed E-state index contributed by atoms with van der Waals surface area (Å²) < 4.78 is 26.7. The number of nitrogens with one attached hydrogen (secondary N) is 1. The Morgan fingerprint density at radius 2 is 2.13 bits per heavy atom. The van der Waals surface area contributed by atoms with E-state index >= 15 is 0 Å². The van der Waals surface area contributed by atoms with Crippen LogP contribution >= 0.6 is 12.4 Å². The highest BCUT2D eigenvalue weighted by molar-refractivity contribution is 7.86. The lowest BCUT2D eigenvalue weighted by Crippen LogP contribution is -2.54. The predicted molar refractivity (Wildman–Crippen MR) is 63.5 cm³/mol. The molecule has 1 heterocycles. The summed E-state index contributed by atoms with van der Waals surface area (Å²) >= 11 is 0. The first kappa shape index (κ1) is 15.1. The van der Waals surface area contributed by atoms with Gasteiger partial charge in [0.2, 0.25) is 0 Å². The first-order chi connectivity index (χ1) is 6.48. The molecule has 0 radical (unpaired) electrons. The van der Waals surface area contributed by atoms with E-state index in [0.29, 0.717) is 19.6 Å². The molecule has 0 bridgehead atoms. The average molecular weight is 258 g/mol. The van der Waals surface area contributed by atoms with Crippen molar-refractivity contribution < 1.29 is 8.42 Å². The van der Waals surface area contributed by atoms with Gasteiger partial charge in [-0.1, -0.05) is 6.92 Å². The molecule has 5 nitrogen and oxygen atoms in total. The fraction of sp³-hybridized carbons (Fsp3) is 1.00. The maximum Gasteiger partial charge on any atom is 0.281 e. The zero-order valence-electron chi connectivity index (χ0n) is 9.43. The quantitative estimate of drug-likeness (QED) is 0.768. The Labute approximate surface area is 98.4 Å². The molecule has 15 heavy (non-hydrogen) atoms. The molecular formula is C8H20ClN3O2S. The lowest BCUT2D eigenvalue weighted by molar-refractivity contribution is 0.290. The van der Waals surface area contributed by atoms with Gasteiger partial charge in [0, 0.05) is 39.3 Å². The molecule has 1 aliphatic heterocycles. The highest BCUT2D eigenvalue weighted by Crippen LogP contribution is 2.09. The van der Waals surface area contributed by atoms with Crippen LogP contribution < -0.4 is 5.32 Å². The largest absolute Gasteiger partial charge is 0.312 e. The maximum absolute atomic E-state index is 11.9. The van der Waals surface area contributed by atoms with Crippen molar-refractivity contribution in [1.82, 2.24) is 13.9 Å². The van der Waals surface area contributed by atoms with E-state index in [1.54, 1.807) is 7.05 Å². The summed E-state index contributed by atoms with van der Waals surface area (Å²) in [5, 5.41) is 3.22. The van der Waals surface area contributed by atoms with Gasteiger partial charge in [0.25, 0.3) is 10.2 Å². The van der Waals surface area contributed by atoms with Crippen LogP contribution in [0.4, 0.5) is 0 Å². The van der Waals surface area contributed by atoms with E-state index in [0.717, 1.165) is 6.54 Å². The summed E-state index contributed by atoms with van der Waals surface area (Å²) in [6.45, 7) is 6.21. The molecule has 0 aromatic carbocycles. The van der Waals surface area contributed by atoms with E-state index in [1.165, 1.54) is 8.61 Å². The number of rotatable bonds is 3. The monoisotopic (exact) mass is 257 g/mol. The number of hydrogen-bond acceptors (Lipinski definition) is 3. The molecule has 1 aliphatic rings. The van der Waals surface area contributed by atoms with Crippen molar-refractivity contribution >= 4 is 22.6 Å². The Bertz CT molecular complexity index is 284. The van der Waals surface area contributed by atoms with Gasteiger partial charge in [0.15, 0.2) is 0 Å². The first-order valence-electron chi connectivity index (χ1n) is 4.93. The smallest absolute Gasteiger partial charge is 0.281 e. The molecule has 1 atom stereocenters. The minimum Gasteiger partial charge on any atom is -0.312 e. The van der Waals surface area contributed by atoms with Gasteiger partial charge < -0.3 is 5.32 Å². The van der Waals surface area contributed by atoms with Crippen molar-refractivity contribution in [2.75, 3.05) is 33.2 Å². The zero-order valence-corrected chi connectivity index (χ0v) is 11.1. The van der Waals surface area contributed by atoms with Crippen molar-refractivity contribution in [2.45, 2.75) is 19.9 Å². The molecule has 1 N–H and O–H groups in total. The lowest BCUT2D eigenvalue weighted by Gasteiger charge is -2.33. The topological polar surface area (TPSA) is 52.7 Å². The van der Waals surface area contributed by atoms with Gasteiger partial charge in [-0.05, 0) is 6.92 Å². The minimum atomic E-state index is -3.22. The molecule has 0 aromatic rings. The number of halogens is 1. The molecule has 7 heteroatoms. The summed E-state index contributed by atoms with van der Waals surface area (Å²) in [5.74, 6) is 0. The third-order valence-electron chi connectivity index (χ3n) is 2.50. The second kappa shape index (κ2) is 6.00. The number of hydrogen-bond donors (Lipinski definition) is 1. The van der Waals surface area contributed by atoms with Gasteiger partial charge in [0.1, 0.15) is 0 Å². The zero-order chi connectivity index (χ0) is 10.8. The van der Waals surface area contributed by atoms with E-state index in [1.807, 2.05) is 13.8 Å². The summed E-state index contributed by atoms with van der Waals surface area (Å²) in [7, 11) is -1.61. The van der Waals surface area contributed by atoms with E-state index in [-0.39, 0.29) is 18.4 Å². The van der Waals surface area contributed by atoms with E-state index in [2.05, 4.69) is 5.32 Å². The Kier molecular flexibility index (Phi) is 6.05. The van der Waals surface area contributed by atoms with Crippen LogP contribution in [0.3, 0.4) is 0 Å². The fourth-order valence-electron chi connectivity index (χ4n) is 1.47. The highest BCUT2D eigenvalue weighted by atomic mass is 35.5. The van der Waals surface area contributed by atoms with E-state index in [9.17, 15) is 8.42 Å². The van der Waals surface area contributed by atoms with Crippen LogP contribution in [0.1, 0.15) is 13.8 Å². The van der Waals surface area contributed by atoms with Gasteiger partial charge >= 0.3 is 0 Å². The van der Waals surface area contributed by atoms with Crippen molar-refractivity contribution in [1.29, 1.82) is 0 Å². The molecular weight excluding hydrogens is 238 g/mol. The van der Waals surface area contributed by atoms with Crippen LogP contribution in [0.25, 0.3) is 0 Å². The van der Waals surface area contributed by atoms with Crippen LogP contribution in [0, 0.1) is 0 Å². The van der Waals surface area contributed by atoms with Crippen LogP contribution in [0.5, 0.6) is 0 Å². The molecule has 0 amide bonds. The molecule has 1 rings (SSSR count). The Morgan fingerprint density at radius 3 is 2.60 bits per heavy atom. The Hall–Kier alpha value is 0.120. The number of piperazine rings is 1. The first-order valence-corrected chi connectivity index (χ1v) is 6.33. The minimum absolute atomic E-state index is 0. The summed E-state index contributed by atoms with van der Waals surface area (Å²) in [5.41, 5.74) is 0. The molecule has 1 fully saturated rings. The van der Waals surface area contributed by atoms with Crippen LogP contribution in [0.2, 0.25) is 0 Å². The van der Waals surface area contributed by atoms with Crippen molar-refractivity contribution in [3.63, 3.8) is 0 Å². The van der Waals surface area contributed by atoms with Crippen LogP contribution in [-0.2, 0) is 10.2 Å². The Morgan fingerprint density at radius 1 is 1.53 bits per heavy atom. The highest BCUT2D eigenvalue weighted by Gasteiger charge is 2.29. The van der Waals surface area contributed by atoms with Crippen molar-refractivity contribution in [2.24, 2.45) is 0 Å². The average Bonchev–Trinajstić information content (AvgIpc) is 2.16. The SMILES string of the molecule is CCN(C)S(=O)(=O)N1CCNC(C)C1.Cl.